The maximum atomic E-state index is 12.3. The molecule has 148 valence electrons. The van der Waals surface area contributed by atoms with Crippen LogP contribution in [-0.4, -0.2) is 19.2 Å². The first kappa shape index (κ1) is 20.0. The molecule has 0 aliphatic rings. The molecule has 1 amide bonds. The second kappa shape index (κ2) is 8.11. The van der Waals surface area contributed by atoms with Gasteiger partial charge in [-0.15, -0.1) is 0 Å². The third kappa shape index (κ3) is 4.96. The molecule has 0 saturated carbocycles. The van der Waals surface area contributed by atoms with E-state index in [0.29, 0.717) is 11.3 Å². The lowest BCUT2D eigenvalue weighted by Crippen LogP contribution is -2.12. The minimum atomic E-state index is -4.26. The molecule has 0 unspecified atom stereocenters. The molecule has 0 aliphatic carbocycles. The van der Waals surface area contributed by atoms with E-state index in [-0.39, 0.29) is 22.2 Å². The van der Waals surface area contributed by atoms with Gasteiger partial charge in [0.25, 0.3) is 11.6 Å². The lowest BCUT2D eigenvalue weighted by molar-refractivity contribution is -0.385. The summed E-state index contributed by atoms with van der Waals surface area (Å²) in [7, 11) is -4.26. The summed E-state index contributed by atoms with van der Waals surface area (Å²) in [5.41, 5.74) is 1.65. The van der Waals surface area contributed by atoms with Crippen molar-refractivity contribution >= 4 is 27.4 Å². The van der Waals surface area contributed by atoms with Crippen LogP contribution >= 0.6 is 0 Å². The number of non-ortho nitro benzene ring substituents is 1. The van der Waals surface area contributed by atoms with Crippen LogP contribution < -0.4 is 9.50 Å². The Morgan fingerprint density at radius 3 is 2.28 bits per heavy atom. The van der Waals surface area contributed by atoms with Crippen LogP contribution in [0.1, 0.15) is 15.9 Å². The molecule has 29 heavy (non-hydrogen) atoms. The van der Waals surface area contributed by atoms with Gasteiger partial charge in [-0.25, -0.2) is 0 Å². The minimum absolute atomic E-state index is 0.0246. The standard InChI is InChI=1S/C20H16N2O6S/c1-14-5-9-16(10-6-14)21-20(23)15-7-11-18(12-8-15)28-29(26,27)19-4-2-3-17(13-19)22(24)25/h2-13H,1H3,(H,21,23). The minimum Gasteiger partial charge on any atom is -0.379 e. The van der Waals surface area contributed by atoms with Crippen molar-refractivity contribution in [2.24, 2.45) is 0 Å². The summed E-state index contributed by atoms with van der Waals surface area (Å²) >= 11 is 0. The summed E-state index contributed by atoms with van der Waals surface area (Å²) in [6, 6.07) is 17.3. The molecule has 0 spiro atoms. The molecule has 0 radical (unpaired) electrons. The number of hydrogen-bond donors (Lipinski definition) is 1. The lowest BCUT2D eigenvalue weighted by Gasteiger charge is -2.08. The third-order valence-corrected chi connectivity index (χ3v) is 5.19. The van der Waals surface area contributed by atoms with E-state index in [1.54, 1.807) is 12.1 Å². The van der Waals surface area contributed by atoms with Crippen LogP contribution in [0.25, 0.3) is 0 Å². The summed E-state index contributed by atoms with van der Waals surface area (Å²) in [6.07, 6.45) is 0. The first-order valence-corrected chi connectivity index (χ1v) is 9.82. The fraction of sp³-hybridized carbons (Fsp3) is 0.0500. The molecule has 0 fully saturated rings. The molecule has 0 saturated heterocycles. The molecule has 9 heteroatoms. The number of carbonyl (C=O) groups excluding carboxylic acids is 1. The third-order valence-electron chi connectivity index (χ3n) is 3.95. The van der Waals surface area contributed by atoms with Crippen molar-refractivity contribution < 1.29 is 22.3 Å². The summed E-state index contributed by atoms with van der Waals surface area (Å²) < 4.78 is 29.7. The van der Waals surface area contributed by atoms with E-state index in [2.05, 4.69) is 5.32 Å². The molecule has 3 aromatic rings. The molecule has 8 nitrogen and oxygen atoms in total. The average Bonchev–Trinajstić information content (AvgIpc) is 2.70. The highest BCUT2D eigenvalue weighted by Gasteiger charge is 2.20. The number of aryl methyl sites for hydroxylation is 1. The highest BCUT2D eigenvalue weighted by Crippen LogP contribution is 2.22. The van der Waals surface area contributed by atoms with Gasteiger partial charge in [-0.3, -0.25) is 14.9 Å². The second-order valence-corrected chi connectivity index (χ2v) is 7.68. The number of anilines is 1. The van der Waals surface area contributed by atoms with Crippen LogP contribution in [0.3, 0.4) is 0 Å². The predicted octanol–water partition coefficient (Wildman–Crippen LogP) is 3.92. The van der Waals surface area contributed by atoms with Gasteiger partial charge in [-0.1, -0.05) is 23.8 Å². The SMILES string of the molecule is Cc1ccc(NC(=O)c2ccc(OS(=O)(=O)c3cccc([N+](=O)[O-])c3)cc2)cc1. The van der Waals surface area contributed by atoms with E-state index < -0.39 is 15.0 Å². The zero-order chi connectivity index (χ0) is 21.0. The Kier molecular flexibility index (Phi) is 5.60. The zero-order valence-corrected chi connectivity index (χ0v) is 16.0. The quantitative estimate of drug-likeness (QED) is 0.373. The largest absolute Gasteiger partial charge is 0.379 e. The van der Waals surface area contributed by atoms with Crippen LogP contribution in [0.2, 0.25) is 0 Å². The molecule has 0 heterocycles. The normalized spacial score (nSPS) is 10.9. The van der Waals surface area contributed by atoms with Crippen LogP contribution in [0.4, 0.5) is 11.4 Å². The molecule has 0 bridgehead atoms. The highest BCUT2D eigenvalue weighted by molar-refractivity contribution is 7.87. The van der Waals surface area contributed by atoms with Gasteiger partial charge in [0.05, 0.1) is 4.92 Å². The number of amides is 1. The van der Waals surface area contributed by atoms with Crippen molar-refractivity contribution in [3.8, 4) is 5.75 Å². The smallest absolute Gasteiger partial charge is 0.339 e. The van der Waals surface area contributed by atoms with E-state index in [1.807, 2.05) is 19.1 Å². The molecular weight excluding hydrogens is 396 g/mol. The fourth-order valence-electron chi connectivity index (χ4n) is 2.43. The highest BCUT2D eigenvalue weighted by atomic mass is 32.2. The first-order valence-electron chi connectivity index (χ1n) is 8.42. The van der Waals surface area contributed by atoms with Gasteiger partial charge < -0.3 is 9.50 Å². The number of nitrogens with one attached hydrogen (secondary N) is 1. The average molecular weight is 412 g/mol. The van der Waals surface area contributed by atoms with Gasteiger partial charge in [0.1, 0.15) is 10.6 Å². The Labute approximate surface area is 167 Å². The van der Waals surface area contributed by atoms with Crippen molar-refractivity contribution in [3.05, 3.63) is 94.0 Å². The van der Waals surface area contributed by atoms with Crippen molar-refractivity contribution in [2.45, 2.75) is 11.8 Å². The Bertz CT molecular complexity index is 1160. The number of nitro groups is 1. The van der Waals surface area contributed by atoms with Crippen LogP contribution in [0.15, 0.2) is 77.7 Å². The fourth-order valence-corrected chi connectivity index (χ4v) is 3.40. The number of benzene rings is 3. The number of nitro benzene ring substituents is 1. The Morgan fingerprint density at radius 1 is 1.00 bits per heavy atom. The predicted molar refractivity (Wildman–Crippen MR) is 106 cm³/mol. The van der Waals surface area contributed by atoms with Crippen LogP contribution in [-0.2, 0) is 10.1 Å². The maximum absolute atomic E-state index is 12.3. The van der Waals surface area contributed by atoms with E-state index >= 15 is 0 Å². The number of rotatable bonds is 6. The van der Waals surface area contributed by atoms with Crippen LogP contribution in [0.5, 0.6) is 5.75 Å². The lowest BCUT2D eigenvalue weighted by atomic mass is 10.2. The van der Waals surface area contributed by atoms with Crippen molar-refractivity contribution in [3.63, 3.8) is 0 Å². The van der Waals surface area contributed by atoms with Gasteiger partial charge in [-0.05, 0) is 49.4 Å². The van der Waals surface area contributed by atoms with E-state index in [1.165, 1.54) is 42.5 Å². The number of carbonyl (C=O) groups is 1. The Hall–Kier alpha value is -3.72. The zero-order valence-electron chi connectivity index (χ0n) is 15.2. The summed E-state index contributed by atoms with van der Waals surface area (Å²) in [4.78, 5) is 22.1. The van der Waals surface area contributed by atoms with Gasteiger partial charge in [-0.2, -0.15) is 8.42 Å². The van der Waals surface area contributed by atoms with Crippen LogP contribution in [0, 0.1) is 17.0 Å². The van der Waals surface area contributed by atoms with Gasteiger partial charge in [0, 0.05) is 23.4 Å². The molecule has 3 aromatic carbocycles. The molecule has 0 aliphatic heterocycles. The van der Waals surface area contributed by atoms with Crippen molar-refractivity contribution in [1.29, 1.82) is 0 Å². The molecule has 0 aromatic heterocycles. The van der Waals surface area contributed by atoms with Gasteiger partial charge in [0.2, 0.25) is 0 Å². The Morgan fingerprint density at radius 2 is 1.66 bits per heavy atom. The summed E-state index contributed by atoms with van der Waals surface area (Å²) in [5.74, 6) is -0.384. The first-order chi connectivity index (χ1) is 13.7. The second-order valence-electron chi connectivity index (χ2n) is 6.14. The van der Waals surface area contributed by atoms with Gasteiger partial charge >= 0.3 is 10.1 Å². The van der Waals surface area contributed by atoms with Crippen molar-refractivity contribution in [1.82, 2.24) is 0 Å². The monoisotopic (exact) mass is 412 g/mol. The number of nitrogens with zero attached hydrogens (tertiary/aromatic N) is 1. The molecule has 1 N–H and O–H groups in total. The summed E-state index contributed by atoms with van der Waals surface area (Å²) in [6.45, 7) is 1.94. The number of hydrogen-bond acceptors (Lipinski definition) is 6. The maximum Gasteiger partial charge on any atom is 0.339 e. The van der Waals surface area contributed by atoms with Crippen molar-refractivity contribution in [2.75, 3.05) is 5.32 Å². The van der Waals surface area contributed by atoms with E-state index in [0.717, 1.165) is 11.6 Å². The molecular formula is C20H16N2O6S. The Balaban J connectivity index is 1.72. The topological polar surface area (TPSA) is 116 Å². The van der Waals surface area contributed by atoms with E-state index in [9.17, 15) is 23.3 Å². The van der Waals surface area contributed by atoms with Gasteiger partial charge in [0.15, 0.2) is 0 Å². The molecule has 3 rings (SSSR count). The summed E-state index contributed by atoms with van der Waals surface area (Å²) in [5, 5.41) is 13.6. The molecule has 0 atom stereocenters. The van der Waals surface area contributed by atoms with E-state index in [4.69, 9.17) is 4.18 Å².